The van der Waals surface area contributed by atoms with Gasteiger partial charge in [0, 0.05) is 6.42 Å². The molecule has 0 aliphatic rings. The maximum Gasteiger partial charge on any atom is 0.416 e. The standard InChI is InChI=1S/C13H16F3NSi/c1-18(2,9-4-3-8-17)12-7-5-6-11(10-12)13(14,15)16/h5-7,10H,3-4,9H2,1-2H3. The van der Waals surface area contributed by atoms with Crippen LogP contribution in [0, 0.1) is 11.3 Å². The lowest BCUT2D eigenvalue weighted by molar-refractivity contribution is -0.137. The van der Waals surface area contributed by atoms with Crippen molar-refractivity contribution in [1.82, 2.24) is 0 Å². The molecule has 0 unspecified atom stereocenters. The third-order valence-electron chi connectivity index (χ3n) is 3.06. The second-order valence-corrected chi connectivity index (χ2v) is 9.82. The van der Waals surface area contributed by atoms with E-state index >= 15 is 0 Å². The van der Waals surface area contributed by atoms with Gasteiger partial charge in [-0.2, -0.15) is 18.4 Å². The largest absolute Gasteiger partial charge is 0.416 e. The van der Waals surface area contributed by atoms with Gasteiger partial charge in [0.1, 0.15) is 0 Å². The molecule has 0 atom stereocenters. The summed E-state index contributed by atoms with van der Waals surface area (Å²) in [6.45, 7) is 4.08. The summed E-state index contributed by atoms with van der Waals surface area (Å²) in [5.41, 5.74) is -0.583. The molecule has 1 aromatic rings. The van der Waals surface area contributed by atoms with E-state index in [1.165, 1.54) is 12.1 Å². The van der Waals surface area contributed by atoms with E-state index in [1.807, 2.05) is 13.1 Å². The van der Waals surface area contributed by atoms with Gasteiger partial charge in [-0.3, -0.25) is 0 Å². The van der Waals surface area contributed by atoms with Crippen LogP contribution in [0.4, 0.5) is 13.2 Å². The van der Waals surface area contributed by atoms with Crippen LogP contribution in [-0.2, 0) is 6.18 Å². The summed E-state index contributed by atoms with van der Waals surface area (Å²) in [7, 11) is -1.88. The number of unbranched alkanes of at least 4 members (excludes halogenated alkanes) is 1. The molecule has 0 fully saturated rings. The van der Waals surface area contributed by atoms with E-state index in [0.717, 1.165) is 23.7 Å². The van der Waals surface area contributed by atoms with Crippen molar-refractivity contribution in [3.63, 3.8) is 0 Å². The third kappa shape index (κ3) is 3.88. The number of hydrogen-bond donors (Lipinski definition) is 0. The number of rotatable bonds is 4. The highest BCUT2D eigenvalue weighted by Crippen LogP contribution is 2.29. The Bertz CT molecular complexity index is 446. The number of alkyl halides is 3. The molecule has 0 heterocycles. The number of benzene rings is 1. The molecule has 0 radical (unpaired) electrons. The first-order valence-corrected chi connectivity index (χ1v) is 9.03. The molecule has 98 valence electrons. The summed E-state index contributed by atoms with van der Waals surface area (Å²) >= 11 is 0. The van der Waals surface area contributed by atoms with E-state index in [4.69, 9.17) is 5.26 Å². The van der Waals surface area contributed by atoms with Crippen LogP contribution in [0.5, 0.6) is 0 Å². The number of nitriles is 1. The van der Waals surface area contributed by atoms with E-state index < -0.39 is 19.8 Å². The monoisotopic (exact) mass is 271 g/mol. The molecule has 1 rings (SSSR count). The lowest BCUT2D eigenvalue weighted by Crippen LogP contribution is -2.41. The molecule has 1 aromatic carbocycles. The quantitative estimate of drug-likeness (QED) is 0.601. The Kier molecular flexibility index (Phi) is 4.57. The van der Waals surface area contributed by atoms with Gasteiger partial charge in [-0.1, -0.05) is 48.6 Å². The van der Waals surface area contributed by atoms with Crippen molar-refractivity contribution in [3.05, 3.63) is 29.8 Å². The summed E-state index contributed by atoms with van der Waals surface area (Å²) in [5, 5.41) is 9.30. The Morgan fingerprint density at radius 3 is 2.50 bits per heavy atom. The van der Waals surface area contributed by atoms with Crippen molar-refractivity contribution in [2.24, 2.45) is 0 Å². The SMILES string of the molecule is C[Si](C)(CCCC#N)c1cccc(C(F)(F)F)c1. The average Bonchev–Trinajstić information content (AvgIpc) is 2.28. The van der Waals surface area contributed by atoms with Crippen LogP contribution < -0.4 is 5.19 Å². The summed E-state index contributed by atoms with van der Waals surface area (Å²) < 4.78 is 37.9. The van der Waals surface area contributed by atoms with Crippen molar-refractivity contribution < 1.29 is 13.2 Å². The van der Waals surface area contributed by atoms with Gasteiger partial charge in [-0.15, -0.1) is 0 Å². The number of halogens is 3. The smallest absolute Gasteiger partial charge is 0.198 e. The lowest BCUT2D eigenvalue weighted by atomic mass is 10.2. The predicted molar refractivity (Wildman–Crippen MR) is 68.2 cm³/mol. The van der Waals surface area contributed by atoms with Crippen LogP contribution in [0.15, 0.2) is 24.3 Å². The molecule has 0 aromatic heterocycles. The van der Waals surface area contributed by atoms with Crippen LogP contribution >= 0.6 is 0 Å². The highest BCUT2D eigenvalue weighted by atomic mass is 28.3. The molecule has 18 heavy (non-hydrogen) atoms. The second-order valence-electron chi connectivity index (χ2n) is 4.97. The first kappa shape index (κ1) is 14.8. The highest BCUT2D eigenvalue weighted by Gasteiger charge is 2.32. The minimum atomic E-state index is -4.28. The van der Waals surface area contributed by atoms with Crippen molar-refractivity contribution in [1.29, 1.82) is 5.26 Å². The first-order chi connectivity index (χ1) is 8.27. The Labute approximate surface area is 106 Å². The molecule has 0 aliphatic carbocycles. The number of nitrogens with zero attached hydrogens (tertiary/aromatic N) is 1. The van der Waals surface area contributed by atoms with E-state index in [-0.39, 0.29) is 0 Å². The Hall–Kier alpha value is -1.28. The predicted octanol–water partition coefficient (Wildman–Crippen LogP) is 3.92. The molecule has 0 saturated carbocycles. The fraction of sp³-hybridized carbons (Fsp3) is 0.462. The van der Waals surface area contributed by atoms with E-state index in [9.17, 15) is 13.2 Å². The van der Waals surface area contributed by atoms with E-state index in [0.29, 0.717) is 6.42 Å². The maximum atomic E-state index is 12.6. The highest BCUT2D eigenvalue weighted by molar-refractivity contribution is 6.89. The van der Waals surface area contributed by atoms with Gasteiger partial charge >= 0.3 is 6.18 Å². The lowest BCUT2D eigenvalue weighted by Gasteiger charge is -2.23. The van der Waals surface area contributed by atoms with Crippen LogP contribution in [0.25, 0.3) is 0 Å². The van der Waals surface area contributed by atoms with Gasteiger partial charge in [0.2, 0.25) is 0 Å². The Morgan fingerprint density at radius 2 is 1.94 bits per heavy atom. The van der Waals surface area contributed by atoms with Gasteiger partial charge in [-0.25, -0.2) is 0 Å². The van der Waals surface area contributed by atoms with Gasteiger partial charge in [0.05, 0.1) is 19.7 Å². The summed E-state index contributed by atoms with van der Waals surface area (Å²) in [6, 6.07) is 8.51. The normalized spacial score (nSPS) is 12.2. The van der Waals surface area contributed by atoms with E-state index in [1.54, 1.807) is 6.07 Å². The van der Waals surface area contributed by atoms with Gasteiger partial charge in [0.25, 0.3) is 0 Å². The zero-order chi connectivity index (χ0) is 13.8. The van der Waals surface area contributed by atoms with Crippen LogP contribution in [0.2, 0.25) is 19.1 Å². The minimum absolute atomic E-state index is 0.468. The fourth-order valence-corrected chi connectivity index (χ4v) is 4.31. The zero-order valence-electron chi connectivity index (χ0n) is 10.5. The molecule has 0 N–H and O–H groups in total. The summed E-state index contributed by atoms with van der Waals surface area (Å²) in [6.07, 6.45) is -3.06. The molecule has 0 bridgehead atoms. The van der Waals surface area contributed by atoms with Crippen molar-refractivity contribution in [2.45, 2.75) is 38.2 Å². The second kappa shape index (κ2) is 5.57. The maximum absolute atomic E-state index is 12.6. The van der Waals surface area contributed by atoms with Crippen LogP contribution in [0.1, 0.15) is 18.4 Å². The van der Waals surface area contributed by atoms with Crippen molar-refractivity contribution >= 4 is 13.3 Å². The molecule has 0 saturated heterocycles. The van der Waals surface area contributed by atoms with Crippen LogP contribution in [0.3, 0.4) is 0 Å². The van der Waals surface area contributed by atoms with Gasteiger partial charge < -0.3 is 0 Å². The Balaban J connectivity index is 2.92. The molecular formula is C13H16F3NSi. The molecule has 5 heteroatoms. The third-order valence-corrected chi connectivity index (χ3v) is 6.54. The minimum Gasteiger partial charge on any atom is -0.198 e. The molecular weight excluding hydrogens is 255 g/mol. The Morgan fingerprint density at radius 1 is 1.28 bits per heavy atom. The zero-order valence-corrected chi connectivity index (χ0v) is 11.5. The number of hydrogen-bond acceptors (Lipinski definition) is 1. The molecule has 1 nitrogen and oxygen atoms in total. The van der Waals surface area contributed by atoms with Crippen LogP contribution in [-0.4, -0.2) is 8.07 Å². The van der Waals surface area contributed by atoms with Crippen molar-refractivity contribution in [3.8, 4) is 6.07 Å². The van der Waals surface area contributed by atoms with Gasteiger partial charge in [0.15, 0.2) is 0 Å². The molecule has 0 amide bonds. The molecule has 0 aliphatic heterocycles. The first-order valence-electron chi connectivity index (χ1n) is 5.82. The fourth-order valence-electron chi connectivity index (χ4n) is 1.87. The van der Waals surface area contributed by atoms with Gasteiger partial charge in [-0.05, 0) is 6.42 Å². The topological polar surface area (TPSA) is 23.8 Å². The van der Waals surface area contributed by atoms with E-state index in [2.05, 4.69) is 6.07 Å². The van der Waals surface area contributed by atoms with Crippen molar-refractivity contribution in [2.75, 3.05) is 0 Å². The average molecular weight is 271 g/mol. The molecule has 0 spiro atoms. The summed E-state index contributed by atoms with van der Waals surface area (Å²) in [5.74, 6) is 0. The summed E-state index contributed by atoms with van der Waals surface area (Å²) in [4.78, 5) is 0.